The molecule has 3 rings (SSSR count). The lowest BCUT2D eigenvalue weighted by Crippen LogP contribution is -2.29. The number of benzene rings is 3. The quantitative estimate of drug-likeness (QED) is 0.192. The molecular formula is C19H14Cl6NSi2. The van der Waals surface area contributed by atoms with E-state index >= 15 is 0 Å². The highest BCUT2D eigenvalue weighted by Gasteiger charge is 2.28. The third-order valence-corrected chi connectivity index (χ3v) is 9.49. The zero-order valence-corrected chi connectivity index (χ0v) is 20.9. The lowest BCUT2D eigenvalue weighted by atomic mass is 10.1. The molecule has 3 aromatic carbocycles. The largest absolute Gasteiger partial charge is 0.372 e. The van der Waals surface area contributed by atoms with E-state index in [2.05, 4.69) is 4.90 Å². The van der Waals surface area contributed by atoms with Crippen molar-refractivity contribution < 1.29 is 0 Å². The van der Waals surface area contributed by atoms with E-state index in [4.69, 9.17) is 67.0 Å². The van der Waals surface area contributed by atoms with Crippen LogP contribution in [0.2, 0.25) is 0 Å². The van der Waals surface area contributed by atoms with Crippen LogP contribution in [-0.4, -0.2) is 13.4 Å². The average Bonchev–Trinajstić information content (AvgIpc) is 2.69. The molecule has 1 nitrogen and oxygen atoms in total. The average molecular weight is 525 g/mol. The van der Waals surface area contributed by atoms with Gasteiger partial charge in [-0.1, -0.05) is 36.4 Å². The predicted octanol–water partition coefficient (Wildman–Crippen LogP) is 6.93. The Morgan fingerprint density at radius 1 is 0.679 bits per heavy atom. The van der Waals surface area contributed by atoms with Gasteiger partial charge in [0, 0.05) is 22.9 Å². The van der Waals surface area contributed by atoms with Gasteiger partial charge in [-0.25, -0.2) is 0 Å². The summed E-state index contributed by atoms with van der Waals surface area (Å²) in [5, 5.41) is 1.68. The highest BCUT2D eigenvalue weighted by atomic mass is 35.8. The molecule has 0 amide bonds. The van der Waals surface area contributed by atoms with Crippen LogP contribution in [0.5, 0.6) is 0 Å². The molecule has 0 atom stereocenters. The van der Waals surface area contributed by atoms with E-state index in [1.54, 1.807) is 0 Å². The number of hydrogen-bond acceptors (Lipinski definition) is 1. The van der Waals surface area contributed by atoms with E-state index < -0.39 is 13.4 Å². The van der Waals surface area contributed by atoms with Crippen LogP contribution in [0, 0.1) is 0 Å². The SMILES string of the molecule is ClCc1ccc(N(c2ccc([Si](Cl)Cl)cc2)c2ccc([Si](Cl)(Cl)Cl)cc2)cc1. The molecule has 28 heavy (non-hydrogen) atoms. The number of anilines is 3. The molecule has 0 heterocycles. The van der Waals surface area contributed by atoms with Crippen molar-refractivity contribution in [2.24, 2.45) is 0 Å². The molecule has 0 aliphatic carbocycles. The second-order valence-corrected chi connectivity index (χ2v) is 18.6. The van der Waals surface area contributed by atoms with E-state index in [0.29, 0.717) is 5.88 Å². The van der Waals surface area contributed by atoms with Gasteiger partial charge in [0.25, 0.3) is 0 Å². The molecule has 0 N–H and O–H groups in total. The van der Waals surface area contributed by atoms with Crippen molar-refractivity contribution in [1.29, 1.82) is 0 Å². The van der Waals surface area contributed by atoms with Crippen LogP contribution in [0.4, 0.5) is 17.1 Å². The van der Waals surface area contributed by atoms with Crippen molar-refractivity contribution in [3.05, 3.63) is 78.4 Å². The first-order valence-corrected chi connectivity index (χ1v) is 17.3. The summed E-state index contributed by atoms with van der Waals surface area (Å²) >= 11 is 36.5. The number of rotatable bonds is 6. The molecule has 0 fully saturated rings. The van der Waals surface area contributed by atoms with Crippen molar-refractivity contribution in [2.45, 2.75) is 5.88 Å². The third-order valence-electron chi connectivity index (χ3n) is 4.15. The lowest BCUT2D eigenvalue weighted by Gasteiger charge is -2.26. The molecule has 0 saturated heterocycles. The van der Waals surface area contributed by atoms with Gasteiger partial charge in [-0.3, -0.25) is 0 Å². The fourth-order valence-electron chi connectivity index (χ4n) is 2.72. The summed E-state index contributed by atoms with van der Waals surface area (Å²) in [5.41, 5.74) is 3.95. The maximum Gasteiger partial charge on any atom is 0.372 e. The Bertz CT molecular complexity index is 909. The minimum Gasteiger partial charge on any atom is -0.311 e. The Kier molecular flexibility index (Phi) is 7.68. The minimum absolute atomic E-state index is 0.466. The molecule has 0 saturated carbocycles. The van der Waals surface area contributed by atoms with Crippen molar-refractivity contribution in [2.75, 3.05) is 4.90 Å². The van der Waals surface area contributed by atoms with Gasteiger partial charge in [0.05, 0.1) is 0 Å². The van der Waals surface area contributed by atoms with E-state index in [1.165, 1.54) is 0 Å². The highest BCUT2D eigenvalue weighted by molar-refractivity contribution is 7.69. The summed E-state index contributed by atoms with van der Waals surface area (Å²) in [6, 6.07) is 20.7. The lowest BCUT2D eigenvalue weighted by molar-refractivity contribution is 1.27. The molecule has 0 unspecified atom stereocenters. The number of alkyl halides is 1. The number of halogens is 6. The Morgan fingerprint density at radius 2 is 1.11 bits per heavy atom. The minimum atomic E-state index is -2.92. The second kappa shape index (κ2) is 9.63. The van der Waals surface area contributed by atoms with Crippen molar-refractivity contribution in [3.8, 4) is 0 Å². The molecule has 0 spiro atoms. The Balaban J connectivity index is 2.05. The topological polar surface area (TPSA) is 3.24 Å². The smallest absolute Gasteiger partial charge is 0.311 e. The van der Waals surface area contributed by atoms with Gasteiger partial charge in [0.2, 0.25) is 0 Å². The molecule has 1 radical (unpaired) electrons. The van der Waals surface area contributed by atoms with Gasteiger partial charge in [-0.2, -0.15) is 0 Å². The summed E-state index contributed by atoms with van der Waals surface area (Å²) in [5.74, 6) is 0.466. The van der Waals surface area contributed by atoms with Crippen molar-refractivity contribution in [1.82, 2.24) is 0 Å². The molecule has 0 aromatic heterocycles. The van der Waals surface area contributed by atoms with Gasteiger partial charge in [-0.15, -0.1) is 67.0 Å². The van der Waals surface area contributed by atoms with Crippen LogP contribution >= 0.6 is 67.0 Å². The Hall–Kier alpha value is -0.366. The maximum atomic E-state index is 6.13. The van der Waals surface area contributed by atoms with E-state index in [9.17, 15) is 0 Å². The molecule has 145 valence electrons. The first-order valence-electron chi connectivity index (χ1n) is 8.20. The van der Waals surface area contributed by atoms with Crippen LogP contribution in [0.1, 0.15) is 5.56 Å². The molecule has 0 aliphatic rings. The van der Waals surface area contributed by atoms with E-state index in [1.807, 2.05) is 72.8 Å². The maximum absolute atomic E-state index is 6.13. The summed E-state index contributed by atoms with van der Waals surface area (Å²) in [6.07, 6.45) is 0. The fourth-order valence-corrected chi connectivity index (χ4v) is 5.75. The van der Waals surface area contributed by atoms with Crippen LogP contribution in [0.15, 0.2) is 72.8 Å². The molecular weight excluding hydrogens is 511 g/mol. The van der Waals surface area contributed by atoms with Gasteiger partial charge in [0.15, 0.2) is 0 Å². The number of hydrogen-bond donors (Lipinski definition) is 0. The standard InChI is InChI=1S/C19H14Cl6NSi2/c20-13-14-1-3-15(4-2-14)26(16-5-9-18(10-6-16)27(21)22)17-7-11-19(12-8-17)28(23,24)25/h1-12H,13H2. The first kappa shape index (κ1) is 22.3. The fraction of sp³-hybridized carbons (Fsp3) is 0.0526. The van der Waals surface area contributed by atoms with Crippen LogP contribution in [-0.2, 0) is 5.88 Å². The van der Waals surface area contributed by atoms with Gasteiger partial charge in [-0.05, 0) is 52.3 Å². The summed E-state index contributed by atoms with van der Waals surface area (Å²) in [4.78, 5) is 2.11. The molecule has 0 bridgehead atoms. The van der Waals surface area contributed by atoms with Crippen molar-refractivity contribution >= 4 is 108 Å². The third kappa shape index (κ3) is 5.41. The Morgan fingerprint density at radius 3 is 1.50 bits per heavy atom. The second-order valence-electron chi connectivity index (χ2n) is 5.99. The normalized spacial score (nSPS) is 11.7. The van der Waals surface area contributed by atoms with Crippen LogP contribution < -0.4 is 15.3 Å². The van der Waals surface area contributed by atoms with E-state index in [-0.39, 0.29) is 0 Å². The summed E-state index contributed by atoms with van der Waals surface area (Å²) in [6.45, 7) is 0. The molecule has 9 heteroatoms. The highest BCUT2D eigenvalue weighted by Crippen LogP contribution is 2.34. The van der Waals surface area contributed by atoms with Crippen LogP contribution in [0.3, 0.4) is 0 Å². The predicted molar refractivity (Wildman–Crippen MR) is 131 cm³/mol. The van der Waals surface area contributed by atoms with Gasteiger partial charge >= 0.3 is 13.4 Å². The van der Waals surface area contributed by atoms with Gasteiger partial charge in [0.1, 0.15) is 0 Å². The zero-order valence-electron chi connectivity index (χ0n) is 14.4. The van der Waals surface area contributed by atoms with Crippen molar-refractivity contribution in [3.63, 3.8) is 0 Å². The monoisotopic (exact) mass is 522 g/mol. The summed E-state index contributed by atoms with van der Waals surface area (Å²) < 4.78 is 0. The molecule has 3 aromatic rings. The Labute approximate surface area is 195 Å². The van der Waals surface area contributed by atoms with E-state index in [0.717, 1.165) is 33.0 Å². The molecule has 0 aliphatic heterocycles. The van der Waals surface area contributed by atoms with Crippen LogP contribution in [0.25, 0.3) is 0 Å². The number of nitrogens with zero attached hydrogens (tertiary/aromatic N) is 1. The zero-order chi connectivity index (χ0) is 20.3. The van der Waals surface area contributed by atoms with Gasteiger partial charge < -0.3 is 4.90 Å². The first-order chi connectivity index (χ1) is 13.3. The summed E-state index contributed by atoms with van der Waals surface area (Å²) in [7, 11) is -1.54.